The van der Waals surface area contributed by atoms with Crippen LogP contribution in [0.25, 0.3) is 0 Å². The fourth-order valence-corrected chi connectivity index (χ4v) is 4.72. The summed E-state index contributed by atoms with van der Waals surface area (Å²) < 4.78 is 27.0. The van der Waals surface area contributed by atoms with Crippen molar-refractivity contribution in [2.24, 2.45) is 0 Å². The summed E-state index contributed by atoms with van der Waals surface area (Å²) >= 11 is 0. The number of unbranched alkanes of at least 4 members (excludes halogenated alkanes) is 8. The van der Waals surface area contributed by atoms with Crippen LogP contribution in [-0.2, 0) is 33.3 Å². The summed E-state index contributed by atoms with van der Waals surface area (Å²) in [5, 5.41) is 61.8. The van der Waals surface area contributed by atoms with Gasteiger partial charge in [0, 0.05) is 12.0 Å². The van der Waals surface area contributed by atoms with Crippen LogP contribution in [0.3, 0.4) is 0 Å². The average molecular weight is 593 g/mol. The summed E-state index contributed by atoms with van der Waals surface area (Å²) in [7, 11) is 0. The predicted octanol–water partition coefficient (Wildman–Crippen LogP) is 0.203. The van der Waals surface area contributed by atoms with Crippen LogP contribution in [0.1, 0.15) is 78.1 Å². The third-order valence-corrected chi connectivity index (χ3v) is 7.32. The van der Waals surface area contributed by atoms with Crippen molar-refractivity contribution in [1.82, 2.24) is 0 Å². The van der Waals surface area contributed by atoms with E-state index in [2.05, 4.69) is 13.5 Å². The summed E-state index contributed by atoms with van der Waals surface area (Å²) in [6.07, 6.45) is -3.44. The van der Waals surface area contributed by atoms with Crippen LogP contribution in [0, 0.1) is 0 Å². The lowest BCUT2D eigenvalue weighted by Gasteiger charge is -2.43. The molecule has 0 aromatic heterocycles. The number of esters is 2. The van der Waals surface area contributed by atoms with Crippen LogP contribution in [0.2, 0.25) is 0 Å². The molecular weight excluding hydrogens is 544 g/mol. The van der Waals surface area contributed by atoms with E-state index in [1.54, 1.807) is 0 Å². The number of hydrogen-bond acceptors (Lipinski definition) is 13. The van der Waals surface area contributed by atoms with Gasteiger partial charge in [0.15, 0.2) is 6.29 Å². The van der Waals surface area contributed by atoms with Gasteiger partial charge in [-0.3, -0.25) is 4.79 Å². The number of carbonyl (C=O) groups is 2. The monoisotopic (exact) mass is 592 g/mol. The fraction of sp³-hybridized carbons (Fsp3) is 0.857. The van der Waals surface area contributed by atoms with E-state index in [1.165, 1.54) is 39.0 Å². The van der Waals surface area contributed by atoms with E-state index in [9.17, 15) is 40.2 Å². The van der Waals surface area contributed by atoms with Gasteiger partial charge in [0.05, 0.1) is 6.61 Å². The van der Waals surface area contributed by atoms with Gasteiger partial charge < -0.3 is 54.3 Å². The lowest BCUT2D eigenvalue weighted by Crippen LogP contribution is -2.63. The zero-order valence-corrected chi connectivity index (χ0v) is 24.1. The molecule has 0 aromatic rings. The summed E-state index contributed by atoms with van der Waals surface area (Å²) in [6.45, 7) is 4.99. The lowest BCUT2D eigenvalue weighted by atomic mass is 9.99. The molecule has 0 aliphatic carbocycles. The molecule has 2 aliphatic rings. The van der Waals surface area contributed by atoms with Gasteiger partial charge in [-0.25, -0.2) is 4.79 Å². The second-order valence-electron chi connectivity index (χ2n) is 10.8. The molecule has 13 heteroatoms. The highest BCUT2D eigenvalue weighted by atomic mass is 16.8. The van der Waals surface area contributed by atoms with Gasteiger partial charge in [-0.1, -0.05) is 64.9 Å². The van der Waals surface area contributed by atoms with Crippen molar-refractivity contribution < 1.29 is 63.9 Å². The Kier molecular flexibility index (Phi) is 15.1. The number of aliphatic hydroxyl groups is 6. The van der Waals surface area contributed by atoms with Crippen molar-refractivity contribution in [1.29, 1.82) is 0 Å². The zero-order valence-electron chi connectivity index (χ0n) is 24.1. The molecule has 2 aliphatic heterocycles. The molecule has 0 amide bonds. The van der Waals surface area contributed by atoms with Crippen molar-refractivity contribution in [3.05, 3.63) is 12.2 Å². The second kappa shape index (κ2) is 17.4. The van der Waals surface area contributed by atoms with E-state index in [-0.39, 0.29) is 12.0 Å². The highest BCUT2D eigenvalue weighted by molar-refractivity contribution is 5.86. The molecule has 0 bridgehead atoms. The largest absolute Gasteiger partial charge is 0.463 e. The molecule has 0 unspecified atom stereocenters. The predicted molar refractivity (Wildman–Crippen MR) is 143 cm³/mol. The van der Waals surface area contributed by atoms with Crippen molar-refractivity contribution >= 4 is 11.9 Å². The van der Waals surface area contributed by atoms with Gasteiger partial charge in [0.2, 0.25) is 5.79 Å². The Balaban J connectivity index is 1.94. The molecule has 238 valence electrons. The standard InChI is InChI=1S/C28H48O13/c1-4-5-6-7-8-9-10-11-12-13-20(30)37-15-19-21(31)23(33)24(34)27(39-19)41-28(16-38-26(36)17(2)3)25(35)22(32)18(14-29)40-28/h18-19,21-25,27,29,31-35H,2,4-16H2,1,3H3/t18-,19-,21-,22-,23+,24-,25+,27-,28+/m1/s1. The number of aliphatic hydroxyl groups excluding tert-OH is 6. The number of ether oxygens (including phenoxy) is 5. The molecule has 0 aromatic carbocycles. The van der Waals surface area contributed by atoms with E-state index in [0.717, 1.165) is 19.3 Å². The van der Waals surface area contributed by atoms with Crippen LogP contribution in [0.4, 0.5) is 0 Å². The van der Waals surface area contributed by atoms with Gasteiger partial charge in [0.1, 0.15) is 55.9 Å². The maximum absolute atomic E-state index is 12.2. The first-order valence-corrected chi connectivity index (χ1v) is 14.5. The summed E-state index contributed by atoms with van der Waals surface area (Å²) in [5.41, 5.74) is 0.0173. The maximum Gasteiger partial charge on any atom is 0.333 e. The molecule has 6 N–H and O–H groups in total. The first-order chi connectivity index (χ1) is 19.5. The summed E-state index contributed by atoms with van der Waals surface area (Å²) in [6, 6.07) is 0. The van der Waals surface area contributed by atoms with Crippen molar-refractivity contribution in [2.75, 3.05) is 19.8 Å². The Morgan fingerprint density at radius 3 is 2.00 bits per heavy atom. The molecule has 2 rings (SSSR count). The highest BCUT2D eigenvalue weighted by Gasteiger charge is 2.59. The third-order valence-electron chi connectivity index (χ3n) is 7.32. The summed E-state index contributed by atoms with van der Waals surface area (Å²) in [4.78, 5) is 24.2. The first kappa shape index (κ1) is 35.5. The SMILES string of the molecule is C=C(C)C(=O)OC[C@@]1(O[C@H]2O[C@H](COC(=O)CCCCCCCCCCC)[C@@H](O)[C@H](O)[C@H]2O)O[C@H](CO)[C@@H](O)[C@@H]1O. The topological polar surface area (TPSA) is 202 Å². The van der Waals surface area contributed by atoms with Crippen LogP contribution in [0.15, 0.2) is 12.2 Å². The van der Waals surface area contributed by atoms with Crippen molar-refractivity contribution in [2.45, 2.75) is 133 Å². The number of hydrogen-bond donors (Lipinski definition) is 6. The van der Waals surface area contributed by atoms with Crippen LogP contribution < -0.4 is 0 Å². The van der Waals surface area contributed by atoms with Crippen LogP contribution in [0.5, 0.6) is 0 Å². The minimum Gasteiger partial charge on any atom is -0.463 e. The van der Waals surface area contributed by atoms with E-state index in [1.807, 2.05) is 0 Å². The van der Waals surface area contributed by atoms with Gasteiger partial charge in [-0.15, -0.1) is 0 Å². The van der Waals surface area contributed by atoms with Crippen LogP contribution >= 0.6 is 0 Å². The third kappa shape index (κ3) is 10.2. The fourth-order valence-electron chi connectivity index (χ4n) is 4.72. The molecule has 9 atom stereocenters. The molecule has 2 heterocycles. The highest BCUT2D eigenvalue weighted by Crippen LogP contribution is 2.37. The Morgan fingerprint density at radius 1 is 0.829 bits per heavy atom. The molecule has 0 radical (unpaired) electrons. The molecule has 2 fully saturated rings. The van der Waals surface area contributed by atoms with Gasteiger partial charge in [-0.2, -0.15) is 0 Å². The minimum absolute atomic E-state index is 0.0173. The van der Waals surface area contributed by atoms with Gasteiger partial charge in [0.25, 0.3) is 0 Å². The summed E-state index contributed by atoms with van der Waals surface area (Å²) in [5.74, 6) is -3.72. The van der Waals surface area contributed by atoms with E-state index in [0.29, 0.717) is 6.42 Å². The molecular formula is C28H48O13. The quantitative estimate of drug-likeness (QED) is 0.0717. The lowest BCUT2D eigenvalue weighted by molar-refractivity contribution is -0.383. The molecule has 0 saturated carbocycles. The van der Waals surface area contributed by atoms with Gasteiger partial charge in [-0.05, 0) is 13.3 Å². The smallest absolute Gasteiger partial charge is 0.333 e. The number of carbonyl (C=O) groups excluding carboxylic acids is 2. The molecule has 2 saturated heterocycles. The number of rotatable bonds is 18. The molecule has 0 spiro atoms. The second-order valence-corrected chi connectivity index (χ2v) is 10.8. The first-order valence-electron chi connectivity index (χ1n) is 14.5. The van der Waals surface area contributed by atoms with E-state index < -0.39 is 86.6 Å². The van der Waals surface area contributed by atoms with Crippen molar-refractivity contribution in [3.63, 3.8) is 0 Å². The minimum atomic E-state index is -2.33. The molecule has 41 heavy (non-hydrogen) atoms. The van der Waals surface area contributed by atoms with E-state index >= 15 is 0 Å². The van der Waals surface area contributed by atoms with E-state index in [4.69, 9.17) is 23.7 Å². The Labute approximate surface area is 241 Å². The Morgan fingerprint density at radius 2 is 1.44 bits per heavy atom. The normalized spacial score (nSPS) is 33.5. The maximum atomic E-state index is 12.2. The average Bonchev–Trinajstić information content (AvgIpc) is 3.19. The van der Waals surface area contributed by atoms with Gasteiger partial charge >= 0.3 is 11.9 Å². The Bertz CT molecular complexity index is 823. The van der Waals surface area contributed by atoms with Crippen molar-refractivity contribution in [3.8, 4) is 0 Å². The Hall–Kier alpha value is -1.68. The zero-order chi connectivity index (χ0) is 30.6. The molecule has 13 nitrogen and oxygen atoms in total. The van der Waals surface area contributed by atoms with Crippen LogP contribution in [-0.4, -0.2) is 117 Å².